The summed E-state index contributed by atoms with van der Waals surface area (Å²) in [5, 5.41) is 15.2. The molecule has 0 saturated heterocycles. The summed E-state index contributed by atoms with van der Waals surface area (Å²) in [5.41, 5.74) is 0.758. The van der Waals surface area contributed by atoms with E-state index in [0.717, 1.165) is 0 Å². The van der Waals surface area contributed by atoms with Gasteiger partial charge < -0.3 is 10.6 Å². The van der Waals surface area contributed by atoms with Gasteiger partial charge in [-0.2, -0.15) is 5.26 Å². The number of carbonyl (C=O) groups is 1. The van der Waals surface area contributed by atoms with Gasteiger partial charge in [0.2, 0.25) is 5.91 Å². The number of anilines is 1. The molecule has 1 aromatic rings. The number of hydrogen-bond donors (Lipinski definition) is 2. The Bertz CT molecular complexity index is 486. The van der Waals surface area contributed by atoms with Crippen LogP contribution >= 0.6 is 11.6 Å². The van der Waals surface area contributed by atoms with Crippen LogP contribution in [0.15, 0.2) is 18.2 Å². The highest BCUT2D eigenvalue weighted by Crippen LogP contribution is 2.19. The molecular weight excluding hydrogens is 250 g/mol. The lowest BCUT2D eigenvalue weighted by Crippen LogP contribution is -2.43. The van der Waals surface area contributed by atoms with Crippen LogP contribution in [-0.2, 0) is 4.79 Å². The Morgan fingerprint density at radius 2 is 2.11 bits per heavy atom. The molecule has 0 bridgehead atoms. The van der Waals surface area contributed by atoms with Crippen LogP contribution in [0.3, 0.4) is 0 Å². The van der Waals surface area contributed by atoms with E-state index in [9.17, 15) is 4.79 Å². The molecule has 2 N–H and O–H groups in total. The summed E-state index contributed by atoms with van der Waals surface area (Å²) < 4.78 is 0. The van der Waals surface area contributed by atoms with Crippen molar-refractivity contribution in [1.29, 1.82) is 5.26 Å². The van der Waals surface area contributed by atoms with Gasteiger partial charge in [0.1, 0.15) is 6.07 Å². The number of nitriles is 1. The van der Waals surface area contributed by atoms with Crippen LogP contribution < -0.4 is 10.6 Å². The molecule has 4 nitrogen and oxygen atoms in total. The van der Waals surface area contributed by atoms with Crippen molar-refractivity contribution in [2.75, 3.05) is 11.9 Å². The highest BCUT2D eigenvalue weighted by Gasteiger charge is 2.13. The second kappa shape index (κ2) is 5.74. The average Bonchev–Trinajstić information content (AvgIpc) is 2.24. The first-order chi connectivity index (χ1) is 8.31. The topological polar surface area (TPSA) is 64.9 Å². The summed E-state index contributed by atoms with van der Waals surface area (Å²) in [4.78, 5) is 11.6. The van der Waals surface area contributed by atoms with Crippen LogP contribution in [0, 0.1) is 11.3 Å². The van der Waals surface area contributed by atoms with E-state index in [-0.39, 0.29) is 18.0 Å². The average molecular weight is 266 g/mol. The van der Waals surface area contributed by atoms with Crippen molar-refractivity contribution >= 4 is 23.2 Å². The zero-order chi connectivity index (χ0) is 13.8. The molecule has 96 valence electrons. The minimum absolute atomic E-state index is 0.119. The van der Waals surface area contributed by atoms with E-state index < -0.39 is 0 Å². The zero-order valence-electron chi connectivity index (χ0n) is 10.7. The normalized spacial score (nSPS) is 10.6. The second-order valence-corrected chi connectivity index (χ2v) is 5.39. The first-order valence-electron chi connectivity index (χ1n) is 5.56. The molecule has 0 spiro atoms. The Morgan fingerprint density at radius 3 is 2.67 bits per heavy atom. The fraction of sp³-hybridized carbons (Fsp3) is 0.385. The molecule has 0 heterocycles. The molecule has 0 unspecified atom stereocenters. The lowest BCUT2D eigenvalue weighted by atomic mass is 10.1. The van der Waals surface area contributed by atoms with Crippen molar-refractivity contribution in [1.82, 2.24) is 5.32 Å². The minimum atomic E-state index is -0.267. The Hall–Kier alpha value is -1.73. The third kappa shape index (κ3) is 4.64. The number of halogens is 1. The van der Waals surface area contributed by atoms with Crippen LogP contribution in [0.4, 0.5) is 5.69 Å². The number of benzene rings is 1. The SMILES string of the molecule is CC(C)(C)NC(=O)CNc1ccc(Cl)cc1C#N. The monoisotopic (exact) mass is 265 g/mol. The predicted octanol–water partition coefficient (Wildman–Crippen LogP) is 2.54. The molecule has 1 amide bonds. The molecule has 1 rings (SSSR count). The number of rotatable bonds is 3. The van der Waals surface area contributed by atoms with Crippen molar-refractivity contribution in [2.24, 2.45) is 0 Å². The van der Waals surface area contributed by atoms with E-state index in [1.807, 2.05) is 26.8 Å². The molecule has 0 aliphatic carbocycles. The van der Waals surface area contributed by atoms with E-state index in [2.05, 4.69) is 10.6 Å². The maximum atomic E-state index is 11.6. The number of amides is 1. The third-order valence-electron chi connectivity index (χ3n) is 2.06. The van der Waals surface area contributed by atoms with Gasteiger partial charge in [-0.15, -0.1) is 0 Å². The number of nitrogens with zero attached hydrogens (tertiary/aromatic N) is 1. The number of nitrogens with one attached hydrogen (secondary N) is 2. The maximum absolute atomic E-state index is 11.6. The van der Waals surface area contributed by atoms with E-state index in [1.165, 1.54) is 0 Å². The first kappa shape index (κ1) is 14.3. The predicted molar refractivity (Wildman–Crippen MR) is 72.6 cm³/mol. The summed E-state index contributed by atoms with van der Waals surface area (Å²) >= 11 is 5.79. The number of carbonyl (C=O) groups excluding carboxylic acids is 1. The number of hydrogen-bond acceptors (Lipinski definition) is 3. The van der Waals surface area contributed by atoms with Crippen LogP contribution in [0.5, 0.6) is 0 Å². The van der Waals surface area contributed by atoms with Gasteiger partial charge in [-0.25, -0.2) is 0 Å². The van der Waals surface area contributed by atoms with E-state index >= 15 is 0 Å². The highest BCUT2D eigenvalue weighted by atomic mass is 35.5. The Morgan fingerprint density at radius 1 is 1.44 bits per heavy atom. The third-order valence-corrected chi connectivity index (χ3v) is 2.29. The molecule has 0 radical (unpaired) electrons. The van der Waals surface area contributed by atoms with Gasteiger partial charge in [-0.1, -0.05) is 11.6 Å². The van der Waals surface area contributed by atoms with E-state index in [1.54, 1.807) is 18.2 Å². The molecule has 0 atom stereocenters. The Balaban J connectivity index is 2.65. The van der Waals surface area contributed by atoms with Gasteiger partial charge in [0.05, 0.1) is 17.8 Å². The van der Waals surface area contributed by atoms with E-state index in [4.69, 9.17) is 16.9 Å². The van der Waals surface area contributed by atoms with Crippen LogP contribution in [0.25, 0.3) is 0 Å². The van der Waals surface area contributed by atoms with Crippen LogP contribution in [-0.4, -0.2) is 18.0 Å². The first-order valence-corrected chi connectivity index (χ1v) is 5.94. The standard InChI is InChI=1S/C13H16ClN3O/c1-13(2,3)17-12(18)8-16-11-5-4-10(14)6-9(11)7-15/h4-6,16H,8H2,1-3H3,(H,17,18). The smallest absolute Gasteiger partial charge is 0.239 e. The zero-order valence-corrected chi connectivity index (χ0v) is 11.4. The molecule has 18 heavy (non-hydrogen) atoms. The van der Waals surface area contributed by atoms with Gasteiger partial charge in [-0.3, -0.25) is 4.79 Å². The maximum Gasteiger partial charge on any atom is 0.239 e. The van der Waals surface area contributed by atoms with Crippen molar-refractivity contribution in [3.63, 3.8) is 0 Å². The molecule has 0 aliphatic heterocycles. The van der Waals surface area contributed by atoms with Crippen molar-refractivity contribution in [2.45, 2.75) is 26.3 Å². The minimum Gasteiger partial charge on any atom is -0.375 e. The van der Waals surface area contributed by atoms with Crippen molar-refractivity contribution < 1.29 is 4.79 Å². The Labute approximate surface area is 112 Å². The lowest BCUT2D eigenvalue weighted by molar-refractivity contribution is -0.120. The molecule has 0 aromatic heterocycles. The molecule has 0 fully saturated rings. The summed E-state index contributed by atoms with van der Waals surface area (Å²) in [6.45, 7) is 5.85. The summed E-state index contributed by atoms with van der Waals surface area (Å²) in [6.07, 6.45) is 0. The molecule has 0 saturated carbocycles. The second-order valence-electron chi connectivity index (χ2n) is 4.95. The van der Waals surface area contributed by atoms with Gasteiger partial charge in [0.25, 0.3) is 0 Å². The largest absolute Gasteiger partial charge is 0.375 e. The molecular formula is C13H16ClN3O. The summed E-state index contributed by atoms with van der Waals surface area (Å²) in [5.74, 6) is -0.124. The van der Waals surface area contributed by atoms with Gasteiger partial charge in [0.15, 0.2) is 0 Å². The van der Waals surface area contributed by atoms with Crippen LogP contribution in [0.2, 0.25) is 5.02 Å². The quantitative estimate of drug-likeness (QED) is 0.883. The summed E-state index contributed by atoms with van der Waals surface area (Å²) in [7, 11) is 0. The lowest BCUT2D eigenvalue weighted by Gasteiger charge is -2.20. The molecule has 1 aromatic carbocycles. The van der Waals surface area contributed by atoms with Crippen molar-refractivity contribution in [3.8, 4) is 6.07 Å². The van der Waals surface area contributed by atoms with Gasteiger partial charge >= 0.3 is 0 Å². The van der Waals surface area contributed by atoms with E-state index in [0.29, 0.717) is 16.3 Å². The fourth-order valence-electron chi connectivity index (χ4n) is 1.40. The fourth-order valence-corrected chi connectivity index (χ4v) is 1.57. The molecule has 0 aliphatic rings. The van der Waals surface area contributed by atoms with Gasteiger partial charge in [0, 0.05) is 10.6 Å². The molecule has 5 heteroatoms. The van der Waals surface area contributed by atoms with Gasteiger partial charge in [-0.05, 0) is 39.0 Å². The summed E-state index contributed by atoms with van der Waals surface area (Å²) in [6, 6.07) is 6.95. The Kier molecular flexibility index (Phi) is 4.57. The van der Waals surface area contributed by atoms with Crippen molar-refractivity contribution in [3.05, 3.63) is 28.8 Å². The highest BCUT2D eigenvalue weighted by molar-refractivity contribution is 6.30. The van der Waals surface area contributed by atoms with Crippen LogP contribution in [0.1, 0.15) is 26.3 Å².